The normalized spacial score (nSPS) is 14.3. The van der Waals surface area contributed by atoms with Crippen molar-refractivity contribution < 1.29 is 14.8 Å². The molecule has 0 aliphatic carbocycles. The van der Waals surface area contributed by atoms with E-state index >= 15 is 0 Å². The number of carbonyl (C=O) groups is 1. The molecule has 1 N–H and O–H groups in total. The third-order valence-electron chi connectivity index (χ3n) is 3.48. The average Bonchev–Trinajstić information content (AvgIpc) is 3.16. The molecule has 0 saturated carbocycles. The van der Waals surface area contributed by atoms with Crippen LogP contribution in [0.5, 0.6) is 0 Å². The summed E-state index contributed by atoms with van der Waals surface area (Å²) in [5, 5.41) is 28.3. The quantitative estimate of drug-likeness (QED) is 0.671. The van der Waals surface area contributed by atoms with Gasteiger partial charge < -0.3 is 10.0 Å². The van der Waals surface area contributed by atoms with Crippen molar-refractivity contribution in [2.75, 3.05) is 18.0 Å². The van der Waals surface area contributed by atoms with Crippen LogP contribution in [0.15, 0.2) is 24.3 Å². The van der Waals surface area contributed by atoms with E-state index in [1.807, 2.05) is 4.90 Å². The number of carboxylic acid groups (broad SMARTS) is 1. The molecule has 2 aromatic rings. The first-order valence-electron chi connectivity index (χ1n) is 6.76. The third-order valence-corrected chi connectivity index (χ3v) is 3.48. The van der Waals surface area contributed by atoms with Gasteiger partial charge in [-0.25, -0.2) is 4.79 Å². The standard InChI is InChI=1S/C13H13N5O4/c19-13(20)11-12(16-6-1-2-7-16)15-17(14-11)9-4-3-5-10(8-9)18(21)22/h3-5,8H,1-2,6-7H2,(H,19,20). The lowest BCUT2D eigenvalue weighted by Crippen LogP contribution is -2.20. The number of nitrogens with zero attached hydrogens (tertiary/aromatic N) is 5. The Morgan fingerprint density at radius 3 is 2.64 bits per heavy atom. The molecule has 1 aliphatic rings. The molecule has 0 unspecified atom stereocenters. The molecule has 9 heteroatoms. The van der Waals surface area contributed by atoms with Crippen molar-refractivity contribution in [3.05, 3.63) is 40.1 Å². The van der Waals surface area contributed by atoms with Crippen molar-refractivity contribution in [2.24, 2.45) is 0 Å². The van der Waals surface area contributed by atoms with E-state index < -0.39 is 10.9 Å². The molecule has 22 heavy (non-hydrogen) atoms. The number of non-ortho nitro benzene ring substituents is 1. The summed E-state index contributed by atoms with van der Waals surface area (Å²) in [4.78, 5) is 24.6. The van der Waals surface area contributed by atoms with Crippen LogP contribution in [0.1, 0.15) is 23.3 Å². The van der Waals surface area contributed by atoms with Crippen molar-refractivity contribution in [2.45, 2.75) is 12.8 Å². The molecule has 1 aromatic heterocycles. The van der Waals surface area contributed by atoms with Gasteiger partial charge in [0.05, 0.1) is 10.6 Å². The van der Waals surface area contributed by atoms with E-state index in [2.05, 4.69) is 10.2 Å². The van der Waals surface area contributed by atoms with E-state index in [1.165, 1.54) is 18.2 Å². The fraction of sp³-hybridized carbons (Fsp3) is 0.308. The summed E-state index contributed by atoms with van der Waals surface area (Å²) in [5.74, 6) is -0.866. The summed E-state index contributed by atoms with van der Waals surface area (Å²) in [6, 6.07) is 5.76. The fourth-order valence-corrected chi connectivity index (χ4v) is 2.43. The first kappa shape index (κ1) is 14.0. The number of rotatable bonds is 4. The zero-order valence-corrected chi connectivity index (χ0v) is 11.5. The molecule has 0 bridgehead atoms. The van der Waals surface area contributed by atoms with Gasteiger partial charge in [-0.05, 0) is 18.9 Å². The van der Waals surface area contributed by atoms with Gasteiger partial charge in [0.2, 0.25) is 5.69 Å². The summed E-state index contributed by atoms with van der Waals surface area (Å²) in [7, 11) is 0. The van der Waals surface area contributed by atoms with Gasteiger partial charge in [0.1, 0.15) is 0 Å². The molecule has 0 spiro atoms. The Bertz CT molecular complexity index is 736. The lowest BCUT2D eigenvalue weighted by molar-refractivity contribution is -0.384. The highest BCUT2D eigenvalue weighted by atomic mass is 16.6. The van der Waals surface area contributed by atoms with Crippen LogP contribution in [0.4, 0.5) is 11.5 Å². The third kappa shape index (κ3) is 2.48. The van der Waals surface area contributed by atoms with Crippen LogP contribution in [0.3, 0.4) is 0 Å². The molecule has 3 rings (SSSR count). The van der Waals surface area contributed by atoms with Gasteiger partial charge >= 0.3 is 5.97 Å². The van der Waals surface area contributed by atoms with Crippen LogP contribution in [0.25, 0.3) is 5.69 Å². The van der Waals surface area contributed by atoms with Gasteiger partial charge in [0, 0.05) is 25.2 Å². The van der Waals surface area contributed by atoms with Gasteiger partial charge in [0.25, 0.3) is 5.69 Å². The Kier molecular flexibility index (Phi) is 3.45. The van der Waals surface area contributed by atoms with Crippen molar-refractivity contribution >= 4 is 17.5 Å². The zero-order valence-electron chi connectivity index (χ0n) is 11.5. The van der Waals surface area contributed by atoms with Crippen LogP contribution < -0.4 is 4.90 Å². The predicted octanol–water partition coefficient (Wildman–Crippen LogP) is 1.47. The molecule has 1 aliphatic heterocycles. The Morgan fingerprint density at radius 1 is 1.27 bits per heavy atom. The molecule has 1 aromatic carbocycles. The van der Waals surface area contributed by atoms with Gasteiger partial charge in [-0.1, -0.05) is 6.07 Å². The number of nitro benzene ring substituents is 1. The van der Waals surface area contributed by atoms with Gasteiger partial charge in [-0.2, -0.15) is 0 Å². The molecule has 2 heterocycles. The molecular formula is C13H13N5O4. The number of anilines is 1. The first-order valence-corrected chi connectivity index (χ1v) is 6.76. The first-order chi connectivity index (χ1) is 10.6. The van der Waals surface area contributed by atoms with E-state index in [9.17, 15) is 20.0 Å². The topological polar surface area (TPSA) is 114 Å². The van der Waals surface area contributed by atoms with Crippen LogP contribution in [0.2, 0.25) is 0 Å². The molecule has 0 atom stereocenters. The fourth-order valence-electron chi connectivity index (χ4n) is 2.43. The smallest absolute Gasteiger partial charge is 0.360 e. The van der Waals surface area contributed by atoms with E-state index in [4.69, 9.17) is 0 Å². The number of aromatic nitrogens is 3. The zero-order chi connectivity index (χ0) is 15.7. The molecule has 0 radical (unpaired) electrons. The average molecular weight is 303 g/mol. The highest BCUT2D eigenvalue weighted by Crippen LogP contribution is 2.23. The van der Waals surface area contributed by atoms with E-state index in [1.54, 1.807) is 6.07 Å². The molecule has 114 valence electrons. The van der Waals surface area contributed by atoms with Crippen LogP contribution in [0, 0.1) is 10.1 Å². The second-order valence-corrected chi connectivity index (χ2v) is 4.94. The minimum Gasteiger partial charge on any atom is -0.476 e. The summed E-state index contributed by atoms with van der Waals surface area (Å²) < 4.78 is 0. The van der Waals surface area contributed by atoms with E-state index in [0.717, 1.165) is 30.7 Å². The highest BCUT2D eigenvalue weighted by Gasteiger charge is 2.25. The number of aromatic carboxylic acids is 1. The Labute approximate surface area is 124 Å². The molecule has 9 nitrogen and oxygen atoms in total. The van der Waals surface area contributed by atoms with Gasteiger partial charge in [-0.15, -0.1) is 15.0 Å². The van der Waals surface area contributed by atoms with E-state index in [-0.39, 0.29) is 11.4 Å². The van der Waals surface area contributed by atoms with Crippen LogP contribution in [-0.2, 0) is 0 Å². The van der Waals surface area contributed by atoms with Gasteiger partial charge in [-0.3, -0.25) is 10.1 Å². The van der Waals surface area contributed by atoms with Gasteiger partial charge in [0.15, 0.2) is 5.82 Å². The lowest BCUT2D eigenvalue weighted by Gasteiger charge is -2.13. The monoisotopic (exact) mass is 303 g/mol. The second-order valence-electron chi connectivity index (χ2n) is 4.94. The van der Waals surface area contributed by atoms with Crippen molar-refractivity contribution in [3.8, 4) is 5.69 Å². The number of hydrogen-bond acceptors (Lipinski definition) is 6. The van der Waals surface area contributed by atoms with Crippen molar-refractivity contribution in [1.29, 1.82) is 0 Å². The number of nitro groups is 1. The molecule has 1 fully saturated rings. The minimum atomic E-state index is -1.17. The highest BCUT2D eigenvalue weighted by molar-refractivity contribution is 5.91. The Hall–Kier alpha value is -2.97. The molecule has 1 saturated heterocycles. The number of hydrogen-bond donors (Lipinski definition) is 1. The Morgan fingerprint density at radius 2 is 2.00 bits per heavy atom. The van der Waals surface area contributed by atoms with Crippen molar-refractivity contribution in [1.82, 2.24) is 15.0 Å². The van der Waals surface area contributed by atoms with Crippen LogP contribution in [-0.4, -0.2) is 44.1 Å². The lowest BCUT2D eigenvalue weighted by atomic mass is 10.3. The summed E-state index contributed by atoms with van der Waals surface area (Å²) in [6.45, 7) is 1.46. The number of benzene rings is 1. The largest absolute Gasteiger partial charge is 0.476 e. The maximum atomic E-state index is 11.3. The SMILES string of the molecule is O=C(O)c1nn(-c2cccc([N+](=O)[O-])c2)nc1N1CCCC1. The Balaban J connectivity index is 2.04. The van der Waals surface area contributed by atoms with Crippen LogP contribution >= 0.6 is 0 Å². The molecule has 0 amide bonds. The maximum Gasteiger partial charge on any atom is 0.360 e. The summed E-state index contributed by atoms with van der Waals surface area (Å²) >= 11 is 0. The summed E-state index contributed by atoms with van der Waals surface area (Å²) in [5.41, 5.74) is 0.102. The minimum absolute atomic E-state index is 0.102. The van der Waals surface area contributed by atoms with Crippen molar-refractivity contribution in [3.63, 3.8) is 0 Å². The van der Waals surface area contributed by atoms with E-state index in [0.29, 0.717) is 11.5 Å². The molecular weight excluding hydrogens is 290 g/mol. The predicted molar refractivity (Wildman–Crippen MR) is 76.4 cm³/mol. The maximum absolute atomic E-state index is 11.3. The number of carboxylic acids is 1. The second kappa shape index (κ2) is 5.43. The summed E-state index contributed by atoms with van der Waals surface area (Å²) in [6.07, 6.45) is 1.95.